The summed E-state index contributed by atoms with van der Waals surface area (Å²) in [5, 5.41) is 0.988. The molecule has 0 N–H and O–H groups in total. The SMILES string of the molecule is C/C(=C/CCc1ccccc1)CBr. The summed E-state index contributed by atoms with van der Waals surface area (Å²) in [6, 6.07) is 10.6. The number of allylic oxidation sites excluding steroid dienone is 2. The number of hydrogen-bond donors (Lipinski definition) is 0. The van der Waals surface area contributed by atoms with Gasteiger partial charge in [0, 0.05) is 5.33 Å². The van der Waals surface area contributed by atoms with E-state index in [1.54, 1.807) is 0 Å². The first kappa shape index (κ1) is 10.5. The summed E-state index contributed by atoms with van der Waals surface area (Å²) in [5.41, 5.74) is 2.83. The molecule has 0 amide bonds. The first-order chi connectivity index (χ1) is 6.33. The van der Waals surface area contributed by atoms with Crippen molar-refractivity contribution in [2.24, 2.45) is 0 Å². The molecule has 0 saturated carbocycles. The highest BCUT2D eigenvalue weighted by Crippen LogP contribution is 2.05. The van der Waals surface area contributed by atoms with Gasteiger partial charge in [-0.05, 0) is 25.3 Å². The Bertz CT molecular complexity index is 262. The fraction of sp³-hybridized carbons (Fsp3) is 0.333. The largest absolute Gasteiger partial charge is 0.0880 e. The van der Waals surface area contributed by atoms with Crippen LogP contribution in [0.3, 0.4) is 0 Å². The highest BCUT2D eigenvalue weighted by Gasteiger charge is 1.89. The minimum absolute atomic E-state index is 0.988. The maximum Gasteiger partial charge on any atom is 0.0239 e. The van der Waals surface area contributed by atoms with Crippen LogP contribution in [0, 0.1) is 0 Å². The van der Waals surface area contributed by atoms with Gasteiger partial charge in [0.25, 0.3) is 0 Å². The molecule has 1 rings (SSSR count). The topological polar surface area (TPSA) is 0 Å². The maximum absolute atomic E-state index is 3.43. The molecule has 1 aromatic rings. The van der Waals surface area contributed by atoms with Gasteiger partial charge < -0.3 is 0 Å². The number of rotatable bonds is 4. The Hall–Kier alpha value is -0.560. The Morgan fingerprint density at radius 3 is 2.62 bits per heavy atom. The van der Waals surface area contributed by atoms with Gasteiger partial charge in [-0.1, -0.05) is 57.9 Å². The third-order valence-corrected chi connectivity index (χ3v) is 2.86. The predicted octanol–water partition coefficient (Wildman–Crippen LogP) is 3.96. The molecule has 0 atom stereocenters. The van der Waals surface area contributed by atoms with E-state index in [1.165, 1.54) is 11.1 Å². The average Bonchev–Trinajstić information content (AvgIpc) is 2.19. The van der Waals surface area contributed by atoms with Crippen molar-refractivity contribution in [3.8, 4) is 0 Å². The lowest BCUT2D eigenvalue weighted by Crippen LogP contribution is -1.83. The van der Waals surface area contributed by atoms with Crippen LogP contribution in [0.4, 0.5) is 0 Å². The highest BCUT2D eigenvalue weighted by molar-refractivity contribution is 9.09. The predicted molar refractivity (Wildman–Crippen MR) is 62.3 cm³/mol. The summed E-state index contributed by atoms with van der Waals surface area (Å²) in [7, 11) is 0. The second kappa shape index (κ2) is 5.98. The van der Waals surface area contributed by atoms with E-state index >= 15 is 0 Å². The highest BCUT2D eigenvalue weighted by atomic mass is 79.9. The standard InChI is InChI=1S/C12H15Br/c1-11(10-13)6-5-9-12-7-3-2-4-8-12/h2-4,6-8H,5,9-10H2,1H3/b11-6-. The number of hydrogen-bond acceptors (Lipinski definition) is 0. The van der Waals surface area contributed by atoms with Crippen molar-refractivity contribution < 1.29 is 0 Å². The van der Waals surface area contributed by atoms with E-state index in [1.807, 2.05) is 0 Å². The molecule has 0 nitrogen and oxygen atoms in total. The van der Waals surface area contributed by atoms with Gasteiger partial charge in [0.05, 0.1) is 0 Å². The third kappa shape index (κ3) is 4.28. The lowest BCUT2D eigenvalue weighted by molar-refractivity contribution is 0.990. The van der Waals surface area contributed by atoms with Gasteiger partial charge in [0.15, 0.2) is 0 Å². The van der Waals surface area contributed by atoms with E-state index in [-0.39, 0.29) is 0 Å². The Balaban J connectivity index is 2.36. The Morgan fingerprint density at radius 2 is 2.00 bits per heavy atom. The Morgan fingerprint density at radius 1 is 1.31 bits per heavy atom. The quantitative estimate of drug-likeness (QED) is 0.551. The summed E-state index contributed by atoms with van der Waals surface area (Å²) >= 11 is 3.43. The second-order valence-electron chi connectivity index (χ2n) is 3.21. The summed E-state index contributed by atoms with van der Waals surface area (Å²) in [6.07, 6.45) is 4.58. The molecule has 0 heterocycles. The minimum atomic E-state index is 0.988. The molecule has 0 aromatic heterocycles. The molecular weight excluding hydrogens is 224 g/mol. The van der Waals surface area contributed by atoms with Crippen LogP contribution in [0.5, 0.6) is 0 Å². The average molecular weight is 239 g/mol. The molecule has 0 aliphatic carbocycles. The second-order valence-corrected chi connectivity index (χ2v) is 3.77. The van der Waals surface area contributed by atoms with Crippen LogP contribution in [0.15, 0.2) is 42.0 Å². The van der Waals surface area contributed by atoms with Crippen molar-refractivity contribution in [3.05, 3.63) is 47.5 Å². The number of aryl methyl sites for hydroxylation is 1. The minimum Gasteiger partial charge on any atom is -0.0880 e. The molecule has 1 aromatic carbocycles. The zero-order valence-electron chi connectivity index (χ0n) is 7.96. The van der Waals surface area contributed by atoms with Crippen LogP contribution in [0.25, 0.3) is 0 Å². The summed E-state index contributed by atoms with van der Waals surface area (Å²) < 4.78 is 0. The van der Waals surface area contributed by atoms with E-state index in [2.05, 4.69) is 59.3 Å². The molecule has 0 aliphatic rings. The number of halogens is 1. The van der Waals surface area contributed by atoms with Crippen LogP contribution in [-0.2, 0) is 6.42 Å². The molecule has 0 spiro atoms. The van der Waals surface area contributed by atoms with Gasteiger partial charge >= 0.3 is 0 Å². The fourth-order valence-corrected chi connectivity index (χ4v) is 1.41. The van der Waals surface area contributed by atoms with Crippen LogP contribution in [0.2, 0.25) is 0 Å². The normalized spacial score (nSPS) is 11.7. The summed E-state index contributed by atoms with van der Waals surface area (Å²) in [6.45, 7) is 2.15. The van der Waals surface area contributed by atoms with Crippen molar-refractivity contribution in [2.75, 3.05) is 5.33 Å². The molecule has 1 heteroatoms. The van der Waals surface area contributed by atoms with Gasteiger partial charge in [0.2, 0.25) is 0 Å². The monoisotopic (exact) mass is 238 g/mol. The molecule has 0 saturated heterocycles. The van der Waals surface area contributed by atoms with Crippen molar-refractivity contribution in [3.63, 3.8) is 0 Å². The first-order valence-electron chi connectivity index (χ1n) is 4.58. The van der Waals surface area contributed by atoms with Crippen LogP contribution in [0.1, 0.15) is 18.9 Å². The molecule has 70 valence electrons. The van der Waals surface area contributed by atoms with E-state index < -0.39 is 0 Å². The summed E-state index contributed by atoms with van der Waals surface area (Å²) in [4.78, 5) is 0. The van der Waals surface area contributed by atoms with Crippen molar-refractivity contribution in [2.45, 2.75) is 19.8 Å². The zero-order valence-corrected chi connectivity index (χ0v) is 9.55. The Labute approximate surface area is 88.8 Å². The molecular formula is C12H15Br. The van der Waals surface area contributed by atoms with Crippen LogP contribution in [-0.4, -0.2) is 5.33 Å². The van der Waals surface area contributed by atoms with E-state index in [0.717, 1.165) is 18.2 Å². The lowest BCUT2D eigenvalue weighted by atomic mass is 10.1. The van der Waals surface area contributed by atoms with Crippen LogP contribution < -0.4 is 0 Å². The van der Waals surface area contributed by atoms with Crippen molar-refractivity contribution >= 4 is 15.9 Å². The van der Waals surface area contributed by atoms with Crippen LogP contribution >= 0.6 is 15.9 Å². The van der Waals surface area contributed by atoms with E-state index in [4.69, 9.17) is 0 Å². The smallest absolute Gasteiger partial charge is 0.0239 e. The molecule has 0 fully saturated rings. The molecule has 0 aliphatic heterocycles. The lowest BCUT2D eigenvalue weighted by Gasteiger charge is -1.98. The van der Waals surface area contributed by atoms with E-state index in [0.29, 0.717) is 0 Å². The zero-order chi connectivity index (χ0) is 9.52. The fourth-order valence-electron chi connectivity index (χ4n) is 1.18. The summed E-state index contributed by atoms with van der Waals surface area (Å²) in [5.74, 6) is 0. The van der Waals surface area contributed by atoms with Crippen molar-refractivity contribution in [1.82, 2.24) is 0 Å². The van der Waals surface area contributed by atoms with E-state index in [9.17, 15) is 0 Å². The third-order valence-electron chi connectivity index (χ3n) is 1.98. The van der Waals surface area contributed by atoms with Gasteiger partial charge in [-0.2, -0.15) is 0 Å². The molecule has 0 unspecified atom stereocenters. The maximum atomic E-state index is 3.43. The van der Waals surface area contributed by atoms with Gasteiger partial charge in [-0.3, -0.25) is 0 Å². The van der Waals surface area contributed by atoms with Gasteiger partial charge in [-0.25, -0.2) is 0 Å². The van der Waals surface area contributed by atoms with Gasteiger partial charge in [0.1, 0.15) is 0 Å². The van der Waals surface area contributed by atoms with Gasteiger partial charge in [-0.15, -0.1) is 0 Å². The first-order valence-corrected chi connectivity index (χ1v) is 5.70. The van der Waals surface area contributed by atoms with Crippen molar-refractivity contribution in [1.29, 1.82) is 0 Å². The number of alkyl halides is 1. The molecule has 0 radical (unpaired) electrons. The molecule has 0 bridgehead atoms. The Kier molecular flexibility index (Phi) is 4.84. The molecule has 13 heavy (non-hydrogen) atoms. The number of benzene rings is 1.